The smallest absolute Gasteiger partial charge is 0.217 e. The lowest BCUT2D eigenvalue weighted by Crippen LogP contribution is -2.55. The third kappa shape index (κ3) is 2.79. The summed E-state index contributed by atoms with van der Waals surface area (Å²) in [5.41, 5.74) is 5.61. The zero-order valence-electron chi connectivity index (χ0n) is 9.88. The number of hydrogen-bond donors (Lipinski definition) is 1. The van der Waals surface area contributed by atoms with Crippen LogP contribution < -0.4 is 5.73 Å². The van der Waals surface area contributed by atoms with Crippen LogP contribution in [-0.4, -0.2) is 63.5 Å². The second-order valence-electron chi connectivity index (χ2n) is 4.43. The van der Waals surface area contributed by atoms with Crippen LogP contribution in [0.25, 0.3) is 0 Å². The average Bonchev–Trinajstić information content (AvgIpc) is 2.39. The van der Waals surface area contributed by atoms with Gasteiger partial charge in [-0.2, -0.15) is 4.31 Å². The van der Waals surface area contributed by atoms with Crippen LogP contribution in [0.1, 0.15) is 12.8 Å². The molecule has 0 spiro atoms. The first-order valence-corrected chi connectivity index (χ1v) is 7.53. The standard InChI is InChI=1S/C10H20N2O4S/c11-7-9-8-16-6-3-12(9)17(13,14)10-1-4-15-5-2-10/h9-10H,1-8,11H2. The van der Waals surface area contributed by atoms with E-state index >= 15 is 0 Å². The first-order valence-electron chi connectivity index (χ1n) is 6.02. The van der Waals surface area contributed by atoms with Crippen molar-refractivity contribution < 1.29 is 17.9 Å². The molecule has 0 saturated carbocycles. The number of morpholine rings is 1. The molecule has 2 rings (SSSR count). The van der Waals surface area contributed by atoms with Crippen molar-refractivity contribution in [3.63, 3.8) is 0 Å². The fraction of sp³-hybridized carbons (Fsp3) is 1.00. The Kier molecular flexibility index (Phi) is 4.37. The van der Waals surface area contributed by atoms with Crippen LogP contribution in [0, 0.1) is 0 Å². The van der Waals surface area contributed by atoms with E-state index in [0.29, 0.717) is 52.4 Å². The summed E-state index contributed by atoms with van der Waals surface area (Å²) in [6, 6.07) is -0.211. The molecule has 0 aliphatic carbocycles. The zero-order valence-corrected chi connectivity index (χ0v) is 10.7. The molecule has 2 N–H and O–H groups in total. The van der Waals surface area contributed by atoms with Crippen LogP contribution in [0.5, 0.6) is 0 Å². The summed E-state index contributed by atoms with van der Waals surface area (Å²) in [5, 5.41) is -0.316. The number of sulfonamides is 1. The van der Waals surface area contributed by atoms with Gasteiger partial charge in [0.15, 0.2) is 0 Å². The highest BCUT2D eigenvalue weighted by atomic mass is 32.2. The second kappa shape index (κ2) is 5.62. The van der Waals surface area contributed by atoms with Gasteiger partial charge in [-0.05, 0) is 12.8 Å². The summed E-state index contributed by atoms with van der Waals surface area (Å²) in [6.45, 7) is 2.64. The van der Waals surface area contributed by atoms with Crippen molar-refractivity contribution in [2.75, 3.05) is 39.5 Å². The van der Waals surface area contributed by atoms with Gasteiger partial charge in [0, 0.05) is 26.3 Å². The molecule has 0 amide bonds. The minimum absolute atomic E-state index is 0.211. The Morgan fingerprint density at radius 1 is 1.18 bits per heavy atom. The molecule has 0 aromatic rings. The molecule has 1 atom stereocenters. The minimum Gasteiger partial charge on any atom is -0.381 e. The van der Waals surface area contributed by atoms with Crippen molar-refractivity contribution >= 4 is 10.0 Å². The molecule has 2 heterocycles. The molecule has 0 aromatic heterocycles. The normalized spacial score (nSPS) is 29.4. The number of ether oxygens (including phenoxy) is 2. The van der Waals surface area contributed by atoms with Gasteiger partial charge >= 0.3 is 0 Å². The summed E-state index contributed by atoms with van der Waals surface area (Å²) in [4.78, 5) is 0. The first kappa shape index (κ1) is 13.2. The Balaban J connectivity index is 2.11. The largest absolute Gasteiger partial charge is 0.381 e. The van der Waals surface area contributed by atoms with E-state index in [9.17, 15) is 8.42 Å². The van der Waals surface area contributed by atoms with E-state index in [1.54, 1.807) is 0 Å². The maximum Gasteiger partial charge on any atom is 0.217 e. The molecule has 0 aromatic carbocycles. The molecule has 2 aliphatic heterocycles. The summed E-state index contributed by atoms with van der Waals surface area (Å²) >= 11 is 0. The lowest BCUT2D eigenvalue weighted by molar-refractivity contribution is 0.0338. The summed E-state index contributed by atoms with van der Waals surface area (Å²) in [7, 11) is -3.25. The Morgan fingerprint density at radius 3 is 2.53 bits per heavy atom. The molecular weight excluding hydrogens is 244 g/mol. The van der Waals surface area contributed by atoms with Crippen LogP contribution in [0.15, 0.2) is 0 Å². The van der Waals surface area contributed by atoms with Gasteiger partial charge in [0.05, 0.1) is 24.5 Å². The van der Waals surface area contributed by atoms with Gasteiger partial charge in [-0.15, -0.1) is 0 Å². The average molecular weight is 264 g/mol. The van der Waals surface area contributed by atoms with Crippen molar-refractivity contribution in [2.45, 2.75) is 24.1 Å². The maximum absolute atomic E-state index is 12.5. The Labute approximate surface area is 102 Å². The van der Waals surface area contributed by atoms with Crippen LogP contribution in [0.2, 0.25) is 0 Å². The van der Waals surface area contributed by atoms with Gasteiger partial charge in [-0.1, -0.05) is 0 Å². The molecule has 6 nitrogen and oxygen atoms in total. The van der Waals surface area contributed by atoms with Crippen molar-refractivity contribution in [3.8, 4) is 0 Å². The van der Waals surface area contributed by atoms with E-state index in [0.717, 1.165) is 0 Å². The molecule has 0 radical (unpaired) electrons. The van der Waals surface area contributed by atoms with Gasteiger partial charge in [0.25, 0.3) is 0 Å². The molecule has 2 saturated heterocycles. The van der Waals surface area contributed by atoms with E-state index in [1.165, 1.54) is 4.31 Å². The van der Waals surface area contributed by atoms with Gasteiger partial charge in [-0.25, -0.2) is 8.42 Å². The van der Waals surface area contributed by atoms with Crippen LogP contribution in [-0.2, 0) is 19.5 Å². The topological polar surface area (TPSA) is 81.9 Å². The highest BCUT2D eigenvalue weighted by Crippen LogP contribution is 2.22. The fourth-order valence-electron chi connectivity index (χ4n) is 2.33. The van der Waals surface area contributed by atoms with E-state index in [-0.39, 0.29) is 11.3 Å². The van der Waals surface area contributed by atoms with Crippen molar-refractivity contribution in [1.82, 2.24) is 4.31 Å². The van der Waals surface area contributed by atoms with E-state index < -0.39 is 10.0 Å². The molecule has 1 unspecified atom stereocenters. The maximum atomic E-state index is 12.5. The van der Waals surface area contributed by atoms with Gasteiger partial charge < -0.3 is 15.2 Å². The van der Waals surface area contributed by atoms with Gasteiger partial charge in [-0.3, -0.25) is 0 Å². The van der Waals surface area contributed by atoms with Crippen LogP contribution in [0.4, 0.5) is 0 Å². The van der Waals surface area contributed by atoms with Crippen molar-refractivity contribution in [1.29, 1.82) is 0 Å². The third-order valence-corrected chi connectivity index (χ3v) is 5.81. The fourth-order valence-corrected chi connectivity index (χ4v) is 4.39. The predicted octanol–water partition coefficient (Wildman–Crippen LogP) is -0.845. The zero-order chi connectivity index (χ0) is 12.3. The van der Waals surface area contributed by atoms with Crippen molar-refractivity contribution in [3.05, 3.63) is 0 Å². The quantitative estimate of drug-likeness (QED) is 0.718. The van der Waals surface area contributed by atoms with Crippen LogP contribution >= 0.6 is 0 Å². The SMILES string of the molecule is NCC1COCCN1S(=O)(=O)C1CCOCC1. The van der Waals surface area contributed by atoms with Crippen molar-refractivity contribution in [2.24, 2.45) is 5.73 Å². The molecule has 0 bridgehead atoms. The number of rotatable bonds is 3. The number of nitrogens with zero attached hydrogens (tertiary/aromatic N) is 1. The summed E-state index contributed by atoms with van der Waals surface area (Å²) in [5.74, 6) is 0. The lowest BCUT2D eigenvalue weighted by atomic mass is 10.2. The lowest BCUT2D eigenvalue weighted by Gasteiger charge is -2.37. The Hall–Kier alpha value is -0.210. The number of hydrogen-bond acceptors (Lipinski definition) is 5. The summed E-state index contributed by atoms with van der Waals surface area (Å²) in [6.07, 6.45) is 1.16. The predicted molar refractivity (Wildman–Crippen MR) is 63.1 cm³/mol. The second-order valence-corrected chi connectivity index (χ2v) is 6.60. The first-order chi connectivity index (χ1) is 8.16. The molecule has 17 heavy (non-hydrogen) atoms. The van der Waals surface area contributed by atoms with Gasteiger partial charge in [0.2, 0.25) is 10.0 Å². The highest BCUT2D eigenvalue weighted by Gasteiger charge is 2.38. The van der Waals surface area contributed by atoms with E-state index in [4.69, 9.17) is 15.2 Å². The third-order valence-electron chi connectivity index (χ3n) is 3.36. The monoisotopic (exact) mass is 264 g/mol. The molecule has 7 heteroatoms. The molecule has 2 fully saturated rings. The van der Waals surface area contributed by atoms with E-state index in [2.05, 4.69) is 0 Å². The highest BCUT2D eigenvalue weighted by molar-refractivity contribution is 7.89. The minimum atomic E-state index is -3.25. The van der Waals surface area contributed by atoms with Gasteiger partial charge in [0.1, 0.15) is 0 Å². The Morgan fingerprint density at radius 2 is 1.88 bits per heavy atom. The molecular formula is C10H20N2O4S. The Bertz CT molecular complexity index is 340. The summed E-state index contributed by atoms with van der Waals surface area (Å²) < 4.78 is 37.0. The number of nitrogens with two attached hydrogens (primary N) is 1. The van der Waals surface area contributed by atoms with E-state index in [1.807, 2.05) is 0 Å². The van der Waals surface area contributed by atoms with Crippen LogP contribution in [0.3, 0.4) is 0 Å². The molecule has 100 valence electrons. The molecule has 2 aliphatic rings.